The summed E-state index contributed by atoms with van der Waals surface area (Å²) in [5, 5.41) is 8.76. The summed E-state index contributed by atoms with van der Waals surface area (Å²) in [6.07, 6.45) is 2.49. The van der Waals surface area contributed by atoms with Gasteiger partial charge >= 0.3 is 12.2 Å². The second kappa shape index (κ2) is 9.03. The number of carbonyl (C=O) groups excluding carboxylic acids is 1. The highest BCUT2D eigenvalue weighted by molar-refractivity contribution is 6.18. The molecule has 2 amide bonds. The van der Waals surface area contributed by atoms with Gasteiger partial charge in [0, 0.05) is 5.88 Å². The Kier molecular flexibility index (Phi) is 8.34. The Morgan fingerprint density at radius 3 is 2.62 bits per heavy atom. The number of hydrogen-bond donors (Lipinski definition) is 1. The number of carboxylic acid groups (broad SMARTS) is 1. The van der Waals surface area contributed by atoms with E-state index in [0.717, 1.165) is 12.8 Å². The predicted octanol–water partition coefficient (Wildman–Crippen LogP) is 2.70. The van der Waals surface area contributed by atoms with Gasteiger partial charge in [-0.05, 0) is 6.42 Å². The molecule has 0 aliphatic heterocycles. The van der Waals surface area contributed by atoms with Gasteiger partial charge in [0.1, 0.15) is 0 Å². The lowest BCUT2D eigenvalue weighted by Gasteiger charge is -2.14. The molecule has 6 heteroatoms. The van der Waals surface area contributed by atoms with Gasteiger partial charge in [-0.1, -0.05) is 25.5 Å². The quantitative estimate of drug-likeness (QED) is 0.446. The number of carbonyl (C=O) groups is 2. The highest BCUT2D eigenvalue weighted by Crippen LogP contribution is 1.98. The van der Waals surface area contributed by atoms with Crippen molar-refractivity contribution >= 4 is 23.8 Å². The highest BCUT2D eigenvalue weighted by atomic mass is 35.5. The molecule has 0 radical (unpaired) electrons. The molecule has 0 rings (SSSR count). The number of halogens is 1. The molecule has 0 saturated heterocycles. The Bertz CT molecular complexity index is 255. The van der Waals surface area contributed by atoms with Gasteiger partial charge in [-0.15, -0.1) is 11.6 Å². The fraction of sp³-hybridized carbons (Fsp3) is 0.600. The molecule has 0 aliphatic rings. The van der Waals surface area contributed by atoms with Gasteiger partial charge in [0.25, 0.3) is 0 Å². The number of rotatable bonds is 6. The van der Waals surface area contributed by atoms with E-state index < -0.39 is 12.2 Å². The molecule has 16 heavy (non-hydrogen) atoms. The van der Waals surface area contributed by atoms with Crippen molar-refractivity contribution in [3.63, 3.8) is 0 Å². The van der Waals surface area contributed by atoms with Gasteiger partial charge in [-0.25, -0.2) is 14.5 Å². The predicted molar refractivity (Wildman–Crippen MR) is 60.8 cm³/mol. The van der Waals surface area contributed by atoms with Gasteiger partial charge in [-0.2, -0.15) is 0 Å². The molecule has 0 saturated carbocycles. The number of nitrogens with zero attached hydrogens (tertiary/aromatic N) is 1. The first-order chi connectivity index (χ1) is 7.63. The molecule has 0 aromatic heterocycles. The summed E-state index contributed by atoms with van der Waals surface area (Å²) in [7, 11) is 0. The van der Waals surface area contributed by atoms with Crippen LogP contribution in [0.15, 0.2) is 12.2 Å². The lowest BCUT2D eigenvalue weighted by Crippen LogP contribution is -2.36. The summed E-state index contributed by atoms with van der Waals surface area (Å²) in [6, 6.07) is 0. The molecule has 0 aromatic carbocycles. The molecule has 0 fully saturated rings. The number of hydrogen-bond acceptors (Lipinski definition) is 3. The van der Waals surface area contributed by atoms with Crippen LogP contribution >= 0.6 is 11.6 Å². The molecule has 0 spiro atoms. The molecule has 0 unspecified atom stereocenters. The molecular formula is C10H16ClNO4. The van der Waals surface area contributed by atoms with Crippen LogP contribution in [0, 0.1) is 0 Å². The smallest absolute Gasteiger partial charge is 0.419 e. The Morgan fingerprint density at radius 1 is 1.44 bits per heavy atom. The molecule has 5 nitrogen and oxygen atoms in total. The SMILES string of the molecule is CCCCOC(=O)N(C/C=C/CCl)C(=O)O. The fourth-order valence-electron chi connectivity index (χ4n) is 0.855. The second-order valence-corrected chi connectivity index (χ2v) is 3.30. The summed E-state index contributed by atoms with van der Waals surface area (Å²) < 4.78 is 4.78. The zero-order valence-electron chi connectivity index (χ0n) is 9.19. The van der Waals surface area contributed by atoms with E-state index in [1.54, 1.807) is 6.08 Å². The monoisotopic (exact) mass is 249 g/mol. The van der Waals surface area contributed by atoms with Gasteiger partial charge < -0.3 is 9.84 Å². The summed E-state index contributed by atoms with van der Waals surface area (Å²) >= 11 is 5.38. The Balaban J connectivity index is 4.14. The number of alkyl halides is 1. The van der Waals surface area contributed by atoms with Crippen LogP contribution in [0.25, 0.3) is 0 Å². The van der Waals surface area contributed by atoms with E-state index in [4.69, 9.17) is 21.4 Å². The third-order valence-electron chi connectivity index (χ3n) is 1.72. The number of ether oxygens (including phenoxy) is 1. The van der Waals surface area contributed by atoms with Gasteiger partial charge in [-0.3, -0.25) is 0 Å². The van der Waals surface area contributed by atoms with Crippen LogP contribution in [-0.4, -0.2) is 41.2 Å². The van der Waals surface area contributed by atoms with Crippen LogP contribution in [0.3, 0.4) is 0 Å². The van der Waals surface area contributed by atoms with E-state index in [1.807, 2.05) is 6.92 Å². The van der Waals surface area contributed by atoms with E-state index >= 15 is 0 Å². The Morgan fingerprint density at radius 2 is 2.12 bits per heavy atom. The van der Waals surface area contributed by atoms with Gasteiger partial charge in [0.15, 0.2) is 0 Å². The summed E-state index contributed by atoms with van der Waals surface area (Å²) in [6.45, 7) is 2.14. The summed E-state index contributed by atoms with van der Waals surface area (Å²) in [5.41, 5.74) is 0. The van der Waals surface area contributed by atoms with Crippen molar-refractivity contribution in [2.24, 2.45) is 0 Å². The van der Waals surface area contributed by atoms with Crippen LogP contribution in [0.4, 0.5) is 9.59 Å². The maximum atomic E-state index is 11.3. The van der Waals surface area contributed by atoms with Gasteiger partial charge in [0.2, 0.25) is 0 Å². The minimum absolute atomic E-state index is 0.0486. The zero-order chi connectivity index (χ0) is 12.4. The van der Waals surface area contributed by atoms with Crippen molar-refractivity contribution in [1.29, 1.82) is 0 Å². The number of unbranched alkanes of at least 4 members (excludes halogenated alkanes) is 1. The molecule has 0 atom stereocenters. The number of amides is 2. The summed E-state index contributed by atoms with van der Waals surface area (Å²) in [5.74, 6) is 0.276. The van der Waals surface area contributed by atoms with Crippen molar-refractivity contribution in [1.82, 2.24) is 4.90 Å². The largest absolute Gasteiger partial charge is 0.465 e. The average molecular weight is 250 g/mol. The van der Waals surface area contributed by atoms with Gasteiger partial charge in [0.05, 0.1) is 13.2 Å². The van der Waals surface area contributed by atoms with E-state index in [0.29, 0.717) is 4.90 Å². The van der Waals surface area contributed by atoms with Crippen LogP contribution in [0.2, 0.25) is 0 Å². The summed E-state index contributed by atoms with van der Waals surface area (Å²) in [4.78, 5) is 22.6. The van der Waals surface area contributed by atoms with E-state index in [2.05, 4.69) is 0 Å². The van der Waals surface area contributed by atoms with E-state index in [9.17, 15) is 9.59 Å². The van der Waals surface area contributed by atoms with E-state index in [-0.39, 0.29) is 19.0 Å². The first-order valence-electron chi connectivity index (χ1n) is 5.01. The van der Waals surface area contributed by atoms with Crippen LogP contribution in [-0.2, 0) is 4.74 Å². The van der Waals surface area contributed by atoms with Crippen LogP contribution in [0.5, 0.6) is 0 Å². The zero-order valence-corrected chi connectivity index (χ0v) is 9.94. The minimum Gasteiger partial charge on any atom is -0.465 e. The molecule has 0 aliphatic carbocycles. The maximum Gasteiger partial charge on any atom is 0.419 e. The lowest BCUT2D eigenvalue weighted by molar-refractivity contribution is 0.0972. The lowest BCUT2D eigenvalue weighted by atomic mass is 10.4. The topological polar surface area (TPSA) is 66.8 Å². The number of imide groups is 1. The van der Waals surface area contributed by atoms with Crippen LogP contribution < -0.4 is 0 Å². The van der Waals surface area contributed by atoms with Crippen molar-refractivity contribution in [2.45, 2.75) is 19.8 Å². The first-order valence-corrected chi connectivity index (χ1v) is 5.55. The second-order valence-electron chi connectivity index (χ2n) is 2.99. The Hall–Kier alpha value is -1.23. The highest BCUT2D eigenvalue weighted by Gasteiger charge is 2.20. The molecule has 0 aromatic rings. The third kappa shape index (κ3) is 6.29. The fourth-order valence-corrected chi connectivity index (χ4v) is 0.981. The average Bonchev–Trinajstić information content (AvgIpc) is 2.24. The van der Waals surface area contributed by atoms with Crippen molar-refractivity contribution in [3.05, 3.63) is 12.2 Å². The van der Waals surface area contributed by atoms with Crippen molar-refractivity contribution < 1.29 is 19.4 Å². The molecule has 0 heterocycles. The molecule has 0 bridgehead atoms. The Labute approximate surface area is 99.6 Å². The molecular weight excluding hydrogens is 234 g/mol. The maximum absolute atomic E-state index is 11.3. The van der Waals surface area contributed by atoms with Crippen LogP contribution in [0.1, 0.15) is 19.8 Å². The normalized spacial score (nSPS) is 10.4. The first kappa shape index (κ1) is 14.8. The molecule has 92 valence electrons. The van der Waals surface area contributed by atoms with Crippen molar-refractivity contribution in [3.8, 4) is 0 Å². The molecule has 1 N–H and O–H groups in total. The van der Waals surface area contributed by atoms with Crippen molar-refractivity contribution in [2.75, 3.05) is 19.0 Å². The van der Waals surface area contributed by atoms with E-state index in [1.165, 1.54) is 6.08 Å². The minimum atomic E-state index is -1.33. The third-order valence-corrected chi connectivity index (χ3v) is 1.90. The number of allylic oxidation sites excluding steroid dienone is 1. The standard InChI is InChI=1S/C10H16ClNO4/c1-2-3-8-16-10(15)12(9(13)14)7-5-4-6-11/h4-5H,2-3,6-8H2,1H3,(H,13,14)/b5-4+.